The number of hydrogen-bond donors (Lipinski definition) is 1. The van der Waals surface area contributed by atoms with Crippen molar-refractivity contribution in [1.82, 2.24) is 15.2 Å². The van der Waals surface area contributed by atoms with Crippen molar-refractivity contribution in [3.8, 4) is 5.75 Å². The van der Waals surface area contributed by atoms with E-state index in [0.717, 1.165) is 11.1 Å². The molecule has 1 N–H and O–H groups in total. The smallest absolute Gasteiger partial charge is 0.225 e. The van der Waals surface area contributed by atoms with Gasteiger partial charge in [-0.05, 0) is 35.7 Å². The van der Waals surface area contributed by atoms with Crippen molar-refractivity contribution in [2.75, 3.05) is 27.4 Å². The average Bonchev–Trinajstić information content (AvgIpc) is 2.77. The van der Waals surface area contributed by atoms with Crippen LogP contribution in [0.15, 0.2) is 48.8 Å². The fourth-order valence-electron chi connectivity index (χ4n) is 3.74. The van der Waals surface area contributed by atoms with Gasteiger partial charge in [0.25, 0.3) is 0 Å². The number of benzene rings is 1. The van der Waals surface area contributed by atoms with Crippen molar-refractivity contribution in [2.24, 2.45) is 5.92 Å². The summed E-state index contributed by atoms with van der Waals surface area (Å²) in [5, 5.41) is 3.01. The summed E-state index contributed by atoms with van der Waals surface area (Å²) in [6.07, 6.45) is 4.28. The maximum Gasteiger partial charge on any atom is 0.225 e. The molecule has 2 atom stereocenters. The van der Waals surface area contributed by atoms with Crippen LogP contribution >= 0.6 is 0 Å². The summed E-state index contributed by atoms with van der Waals surface area (Å²) in [5.74, 6) is 0.304. The second kappa shape index (κ2) is 10.0. The average molecular weight is 397 g/mol. The summed E-state index contributed by atoms with van der Waals surface area (Å²) in [5.41, 5.74) is 1.82. The molecule has 2 amide bonds. The van der Waals surface area contributed by atoms with Crippen molar-refractivity contribution >= 4 is 11.8 Å². The van der Waals surface area contributed by atoms with Crippen LogP contribution in [0.4, 0.5) is 0 Å². The number of pyridine rings is 1. The van der Waals surface area contributed by atoms with Crippen LogP contribution in [0.1, 0.15) is 30.0 Å². The Morgan fingerprint density at radius 3 is 2.86 bits per heavy atom. The van der Waals surface area contributed by atoms with Crippen LogP contribution in [0.25, 0.3) is 0 Å². The lowest BCUT2D eigenvalue weighted by molar-refractivity contribution is -0.144. The van der Waals surface area contributed by atoms with E-state index in [2.05, 4.69) is 10.3 Å². The molecule has 1 aliphatic heterocycles. The highest BCUT2D eigenvalue weighted by Crippen LogP contribution is 2.38. The van der Waals surface area contributed by atoms with Gasteiger partial charge in [-0.25, -0.2) is 0 Å². The molecule has 0 bridgehead atoms. The number of carbonyl (C=O) groups excluding carboxylic acids is 2. The first-order valence-corrected chi connectivity index (χ1v) is 9.73. The van der Waals surface area contributed by atoms with Crippen LogP contribution in [-0.4, -0.2) is 49.1 Å². The van der Waals surface area contributed by atoms with E-state index >= 15 is 0 Å². The van der Waals surface area contributed by atoms with E-state index in [0.29, 0.717) is 38.3 Å². The van der Waals surface area contributed by atoms with Gasteiger partial charge in [-0.15, -0.1) is 0 Å². The lowest BCUT2D eigenvalue weighted by Gasteiger charge is -2.40. The highest BCUT2D eigenvalue weighted by molar-refractivity contribution is 5.85. The number of nitrogens with one attached hydrogen (secondary N) is 1. The van der Waals surface area contributed by atoms with Crippen molar-refractivity contribution < 1.29 is 19.1 Å². The minimum Gasteiger partial charge on any atom is -0.497 e. The zero-order valence-corrected chi connectivity index (χ0v) is 16.8. The number of likely N-dealkylation sites (tertiary alicyclic amines) is 1. The van der Waals surface area contributed by atoms with Crippen LogP contribution in [0.2, 0.25) is 0 Å². The Labute approximate surface area is 171 Å². The van der Waals surface area contributed by atoms with E-state index in [9.17, 15) is 9.59 Å². The van der Waals surface area contributed by atoms with Gasteiger partial charge in [-0.1, -0.05) is 18.2 Å². The maximum absolute atomic E-state index is 13.1. The molecule has 0 aliphatic carbocycles. The van der Waals surface area contributed by atoms with E-state index in [1.165, 1.54) is 0 Å². The third-order valence-corrected chi connectivity index (χ3v) is 5.20. The Kier molecular flexibility index (Phi) is 7.19. The standard InChI is InChI=1S/C22H27N3O4/c1-28-12-11-25-20(26)9-8-19(21(25)17-6-3-7-18(13-17)29-2)22(27)24-15-16-5-4-10-23-14-16/h3-7,10,13-14,19,21H,8-9,11-12,15H2,1-2H3,(H,24,27)/t19-,21+/m1/s1. The molecular weight excluding hydrogens is 370 g/mol. The molecule has 3 rings (SSSR count). The molecule has 7 nitrogen and oxygen atoms in total. The van der Waals surface area contributed by atoms with E-state index in [4.69, 9.17) is 9.47 Å². The highest BCUT2D eigenvalue weighted by Gasteiger charge is 2.40. The van der Waals surface area contributed by atoms with Gasteiger partial charge in [-0.2, -0.15) is 0 Å². The Bertz CT molecular complexity index is 828. The largest absolute Gasteiger partial charge is 0.497 e. The van der Waals surface area contributed by atoms with Gasteiger partial charge in [0.2, 0.25) is 11.8 Å². The molecule has 1 fully saturated rings. The quantitative estimate of drug-likeness (QED) is 0.739. The molecule has 0 spiro atoms. The lowest BCUT2D eigenvalue weighted by atomic mass is 9.83. The second-order valence-electron chi connectivity index (χ2n) is 7.03. The first-order valence-electron chi connectivity index (χ1n) is 9.73. The monoisotopic (exact) mass is 397 g/mol. The minimum absolute atomic E-state index is 0.0335. The highest BCUT2D eigenvalue weighted by atomic mass is 16.5. The predicted octanol–water partition coefficient (Wildman–Crippen LogP) is 2.33. The third kappa shape index (κ3) is 5.12. The van der Waals surface area contributed by atoms with Gasteiger partial charge in [0.1, 0.15) is 5.75 Å². The molecule has 7 heteroatoms. The van der Waals surface area contributed by atoms with Gasteiger partial charge < -0.3 is 19.7 Å². The number of methoxy groups -OCH3 is 2. The molecule has 1 aromatic heterocycles. The summed E-state index contributed by atoms with van der Waals surface area (Å²) in [6.45, 7) is 1.25. The number of piperidine rings is 1. The van der Waals surface area contributed by atoms with E-state index in [1.807, 2.05) is 36.4 Å². The number of rotatable bonds is 8. The number of aromatic nitrogens is 1. The first kappa shape index (κ1) is 20.8. The zero-order valence-electron chi connectivity index (χ0n) is 16.8. The molecule has 29 heavy (non-hydrogen) atoms. The molecule has 2 aromatic rings. The van der Waals surface area contributed by atoms with E-state index < -0.39 is 0 Å². The summed E-state index contributed by atoms with van der Waals surface area (Å²) < 4.78 is 10.6. The Morgan fingerprint density at radius 1 is 1.28 bits per heavy atom. The maximum atomic E-state index is 13.1. The Hall–Kier alpha value is -2.93. The van der Waals surface area contributed by atoms with Gasteiger partial charge in [-0.3, -0.25) is 14.6 Å². The summed E-state index contributed by atoms with van der Waals surface area (Å²) in [4.78, 5) is 31.6. The van der Waals surface area contributed by atoms with Gasteiger partial charge in [0.15, 0.2) is 0 Å². The van der Waals surface area contributed by atoms with E-state index in [-0.39, 0.29) is 23.8 Å². The molecule has 2 heterocycles. The Balaban J connectivity index is 1.85. The molecule has 154 valence electrons. The summed E-state index contributed by atoms with van der Waals surface area (Å²) >= 11 is 0. The van der Waals surface area contributed by atoms with Crippen molar-refractivity contribution in [3.63, 3.8) is 0 Å². The SMILES string of the molecule is COCCN1C(=O)CC[C@@H](C(=O)NCc2cccnc2)[C@@H]1c1cccc(OC)c1. The summed E-state index contributed by atoms with van der Waals surface area (Å²) in [7, 11) is 3.21. The zero-order chi connectivity index (χ0) is 20.6. The summed E-state index contributed by atoms with van der Waals surface area (Å²) in [6, 6.07) is 11.0. The van der Waals surface area contributed by atoms with Gasteiger partial charge in [0, 0.05) is 39.0 Å². The number of hydrogen-bond acceptors (Lipinski definition) is 5. The van der Waals surface area contributed by atoms with E-state index in [1.54, 1.807) is 31.5 Å². The van der Waals surface area contributed by atoms with Crippen molar-refractivity contribution in [3.05, 3.63) is 59.9 Å². The number of amides is 2. The van der Waals surface area contributed by atoms with Gasteiger partial charge in [0.05, 0.1) is 25.7 Å². The molecule has 1 saturated heterocycles. The van der Waals surface area contributed by atoms with Crippen molar-refractivity contribution in [2.45, 2.75) is 25.4 Å². The van der Waals surface area contributed by atoms with Crippen LogP contribution < -0.4 is 10.1 Å². The van der Waals surface area contributed by atoms with Gasteiger partial charge >= 0.3 is 0 Å². The second-order valence-corrected chi connectivity index (χ2v) is 7.03. The van der Waals surface area contributed by atoms with Crippen LogP contribution in [-0.2, 0) is 20.9 Å². The van der Waals surface area contributed by atoms with Crippen LogP contribution in [0.5, 0.6) is 5.75 Å². The fourth-order valence-corrected chi connectivity index (χ4v) is 3.74. The topological polar surface area (TPSA) is 80.8 Å². The molecule has 0 saturated carbocycles. The third-order valence-electron chi connectivity index (χ3n) is 5.20. The van der Waals surface area contributed by atoms with Crippen LogP contribution in [0.3, 0.4) is 0 Å². The molecular formula is C22H27N3O4. The fraction of sp³-hybridized carbons (Fsp3) is 0.409. The number of ether oxygens (including phenoxy) is 2. The lowest BCUT2D eigenvalue weighted by Crippen LogP contribution is -2.49. The van der Waals surface area contributed by atoms with Crippen molar-refractivity contribution in [1.29, 1.82) is 0 Å². The molecule has 0 unspecified atom stereocenters. The Morgan fingerprint density at radius 2 is 2.14 bits per heavy atom. The normalized spacial score (nSPS) is 19.1. The number of carbonyl (C=O) groups is 2. The molecule has 1 aromatic carbocycles. The minimum atomic E-state index is -0.365. The van der Waals surface area contributed by atoms with Crippen LogP contribution in [0, 0.1) is 5.92 Å². The molecule has 0 radical (unpaired) electrons. The predicted molar refractivity (Wildman–Crippen MR) is 108 cm³/mol. The molecule has 1 aliphatic rings. The number of nitrogens with zero attached hydrogens (tertiary/aromatic N) is 2. The first-order chi connectivity index (χ1) is 14.1.